The molecule has 162 valence electrons. The Balaban J connectivity index is 1.52. The summed E-state index contributed by atoms with van der Waals surface area (Å²) >= 11 is 0. The molecule has 2 amide bonds. The molecule has 10 nitrogen and oxygen atoms in total. The predicted molar refractivity (Wildman–Crippen MR) is 108 cm³/mol. The van der Waals surface area contributed by atoms with Crippen molar-refractivity contribution < 1.29 is 22.5 Å². The second-order valence-corrected chi connectivity index (χ2v) is 9.06. The third kappa shape index (κ3) is 5.03. The number of hydrogen-bond donors (Lipinski definition) is 2. The third-order valence-electron chi connectivity index (χ3n) is 4.92. The summed E-state index contributed by atoms with van der Waals surface area (Å²) in [6, 6.07) is 3.43. The summed E-state index contributed by atoms with van der Waals surface area (Å²) in [5, 5.41) is 9.14. The number of piperidine rings is 1. The van der Waals surface area contributed by atoms with Crippen LogP contribution < -0.4 is 10.6 Å². The van der Waals surface area contributed by atoms with E-state index in [9.17, 15) is 18.0 Å². The number of aryl methyl sites for hydroxylation is 2. The zero-order valence-electron chi connectivity index (χ0n) is 16.9. The first kappa shape index (κ1) is 21.9. The van der Waals surface area contributed by atoms with Gasteiger partial charge >= 0.3 is 0 Å². The topological polar surface area (TPSA) is 134 Å². The Labute approximate surface area is 175 Å². The Hall–Kier alpha value is -2.79. The van der Waals surface area contributed by atoms with Gasteiger partial charge in [-0.05, 0) is 38.8 Å². The molecular formula is C19H25N5O5S. The lowest BCUT2D eigenvalue weighted by atomic mass is 9.99. The van der Waals surface area contributed by atoms with Gasteiger partial charge in [0.05, 0.1) is 17.8 Å². The van der Waals surface area contributed by atoms with Crippen LogP contribution in [0.15, 0.2) is 33.9 Å². The van der Waals surface area contributed by atoms with E-state index in [0.717, 1.165) is 0 Å². The number of hydrogen-bond acceptors (Lipinski definition) is 7. The maximum Gasteiger partial charge on any atom is 0.248 e. The summed E-state index contributed by atoms with van der Waals surface area (Å²) < 4.78 is 32.2. The maximum atomic E-state index is 13.0. The zero-order chi connectivity index (χ0) is 21.7. The Morgan fingerprint density at radius 3 is 2.80 bits per heavy atom. The van der Waals surface area contributed by atoms with Crippen LogP contribution in [0, 0.1) is 19.8 Å². The third-order valence-corrected chi connectivity index (χ3v) is 7.03. The molecule has 1 saturated heterocycles. The quantitative estimate of drug-likeness (QED) is 0.668. The van der Waals surface area contributed by atoms with Crippen molar-refractivity contribution >= 4 is 27.5 Å². The number of nitrogens with one attached hydrogen (secondary N) is 2. The van der Waals surface area contributed by atoms with Crippen molar-refractivity contribution in [3.63, 3.8) is 0 Å². The highest BCUT2D eigenvalue weighted by Crippen LogP contribution is 2.27. The maximum absolute atomic E-state index is 13.0. The highest BCUT2D eigenvalue weighted by molar-refractivity contribution is 7.89. The second kappa shape index (κ2) is 9.35. The van der Waals surface area contributed by atoms with Gasteiger partial charge in [0.2, 0.25) is 21.8 Å². The first-order valence-electron chi connectivity index (χ1n) is 9.69. The van der Waals surface area contributed by atoms with Crippen molar-refractivity contribution in [2.45, 2.75) is 38.0 Å². The number of aromatic nitrogens is 2. The van der Waals surface area contributed by atoms with Gasteiger partial charge in [0.15, 0.2) is 5.76 Å². The molecule has 3 heterocycles. The van der Waals surface area contributed by atoms with Crippen LogP contribution in [0.3, 0.4) is 0 Å². The fourth-order valence-corrected chi connectivity index (χ4v) is 5.27. The van der Waals surface area contributed by atoms with E-state index in [1.165, 1.54) is 10.5 Å². The summed E-state index contributed by atoms with van der Waals surface area (Å²) in [6.07, 6.45) is 4.40. The largest absolute Gasteiger partial charge is 0.360 e. The van der Waals surface area contributed by atoms with Crippen molar-refractivity contribution in [2.75, 3.05) is 25.0 Å². The Kier molecular flexibility index (Phi) is 6.83. The number of carbonyl (C=O) groups is 2. The molecular weight excluding hydrogens is 410 g/mol. The van der Waals surface area contributed by atoms with Crippen molar-refractivity contribution in [3.8, 4) is 0 Å². The first-order valence-corrected chi connectivity index (χ1v) is 11.1. The molecule has 11 heteroatoms. The number of nitrogens with zero attached hydrogens (tertiary/aromatic N) is 3. The van der Waals surface area contributed by atoms with Gasteiger partial charge in [-0.25, -0.2) is 8.42 Å². The molecule has 1 fully saturated rings. The van der Waals surface area contributed by atoms with Crippen molar-refractivity contribution in [2.24, 2.45) is 5.92 Å². The van der Waals surface area contributed by atoms with Gasteiger partial charge in [-0.2, -0.15) is 4.31 Å². The van der Waals surface area contributed by atoms with E-state index in [1.54, 1.807) is 32.2 Å². The molecule has 2 aromatic rings. The molecule has 0 aromatic carbocycles. The standard InChI is InChI=1S/C19H25N5O5S/c1-13-18(14(2)29-23-13)30(27,28)24-10-4-5-15(12-24)19(26)21-9-7-17(25)22-16-6-3-8-20-11-16/h3,6,8,11,15H,4-5,7,9-10,12H2,1-2H3,(H,21,26)(H,22,25). The molecule has 0 bridgehead atoms. The zero-order valence-corrected chi connectivity index (χ0v) is 17.7. The molecule has 2 N–H and O–H groups in total. The van der Waals surface area contributed by atoms with Crippen LogP contribution in [0.2, 0.25) is 0 Å². The van der Waals surface area contributed by atoms with Crippen molar-refractivity contribution in [1.29, 1.82) is 0 Å². The van der Waals surface area contributed by atoms with Crippen LogP contribution in [0.4, 0.5) is 5.69 Å². The summed E-state index contributed by atoms with van der Waals surface area (Å²) in [7, 11) is -3.79. The fourth-order valence-electron chi connectivity index (χ4n) is 3.45. The molecule has 1 atom stereocenters. The van der Waals surface area contributed by atoms with Crippen LogP contribution in [0.1, 0.15) is 30.7 Å². The number of anilines is 1. The molecule has 0 saturated carbocycles. The SMILES string of the molecule is Cc1noc(C)c1S(=O)(=O)N1CCCC(C(=O)NCCC(=O)Nc2cccnc2)C1. The lowest BCUT2D eigenvalue weighted by Crippen LogP contribution is -2.45. The number of amides is 2. The van der Waals surface area contributed by atoms with E-state index in [0.29, 0.717) is 30.8 Å². The minimum Gasteiger partial charge on any atom is -0.360 e. The molecule has 2 aromatic heterocycles. The second-order valence-electron chi connectivity index (χ2n) is 7.19. The predicted octanol–water partition coefficient (Wildman–Crippen LogP) is 1.23. The smallest absolute Gasteiger partial charge is 0.248 e. The van der Waals surface area contributed by atoms with Gasteiger partial charge in [0, 0.05) is 32.3 Å². The van der Waals surface area contributed by atoms with E-state index < -0.39 is 15.9 Å². The van der Waals surface area contributed by atoms with Crippen LogP contribution in [0.5, 0.6) is 0 Å². The van der Waals surface area contributed by atoms with Crippen molar-refractivity contribution in [1.82, 2.24) is 19.8 Å². The average Bonchev–Trinajstić information content (AvgIpc) is 3.07. The van der Waals surface area contributed by atoms with E-state index in [1.807, 2.05) is 0 Å². The van der Waals surface area contributed by atoms with Crippen LogP contribution in [-0.2, 0) is 19.6 Å². The van der Waals surface area contributed by atoms with Crippen LogP contribution in [0.25, 0.3) is 0 Å². The highest BCUT2D eigenvalue weighted by Gasteiger charge is 2.36. The van der Waals surface area contributed by atoms with E-state index in [-0.39, 0.29) is 42.0 Å². The lowest BCUT2D eigenvalue weighted by molar-refractivity contribution is -0.126. The molecule has 30 heavy (non-hydrogen) atoms. The van der Waals surface area contributed by atoms with Gasteiger partial charge < -0.3 is 15.2 Å². The van der Waals surface area contributed by atoms with E-state index in [2.05, 4.69) is 20.8 Å². The first-order chi connectivity index (χ1) is 14.3. The normalized spacial score (nSPS) is 17.5. The Morgan fingerprint density at radius 2 is 2.13 bits per heavy atom. The van der Waals surface area contributed by atoms with E-state index in [4.69, 9.17) is 4.52 Å². The highest BCUT2D eigenvalue weighted by atomic mass is 32.2. The molecule has 0 aliphatic carbocycles. The summed E-state index contributed by atoms with van der Waals surface area (Å²) in [5.74, 6) is -0.744. The molecule has 0 radical (unpaired) electrons. The average molecular weight is 436 g/mol. The molecule has 0 spiro atoms. The monoisotopic (exact) mass is 435 g/mol. The van der Waals surface area contributed by atoms with Gasteiger partial charge in [-0.15, -0.1) is 0 Å². The fraction of sp³-hybridized carbons (Fsp3) is 0.474. The summed E-state index contributed by atoms with van der Waals surface area (Å²) in [5.41, 5.74) is 0.889. The molecule has 1 unspecified atom stereocenters. The molecule has 1 aliphatic heterocycles. The van der Waals surface area contributed by atoms with Crippen molar-refractivity contribution in [3.05, 3.63) is 36.0 Å². The Morgan fingerprint density at radius 1 is 1.33 bits per heavy atom. The molecule has 3 rings (SSSR count). The molecule has 1 aliphatic rings. The lowest BCUT2D eigenvalue weighted by Gasteiger charge is -2.31. The van der Waals surface area contributed by atoms with Gasteiger partial charge in [-0.3, -0.25) is 14.6 Å². The van der Waals surface area contributed by atoms with E-state index >= 15 is 0 Å². The van der Waals surface area contributed by atoms with Gasteiger partial charge in [0.1, 0.15) is 10.6 Å². The number of rotatable bonds is 7. The summed E-state index contributed by atoms with van der Waals surface area (Å²) in [6.45, 7) is 3.72. The minimum absolute atomic E-state index is 0.0654. The van der Waals surface area contributed by atoms with Crippen LogP contribution in [-0.4, -0.2) is 54.3 Å². The minimum atomic E-state index is -3.79. The number of sulfonamides is 1. The van der Waals surface area contributed by atoms with Gasteiger partial charge in [-0.1, -0.05) is 5.16 Å². The Bertz CT molecular complexity index is 986. The van der Waals surface area contributed by atoms with Gasteiger partial charge in [0.25, 0.3) is 0 Å². The number of pyridine rings is 1. The van der Waals surface area contributed by atoms with Crippen LogP contribution >= 0.6 is 0 Å². The summed E-state index contributed by atoms with van der Waals surface area (Å²) in [4.78, 5) is 28.5. The number of carbonyl (C=O) groups excluding carboxylic acids is 2.